The van der Waals surface area contributed by atoms with Gasteiger partial charge in [-0.2, -0.15) is 8.78 Å². The van der Waals surface area contributed by atoms with Gasteiger partial charge in [0.1, 0.15) is 5.78 Å². The number of fused-ring (bicyclic) bond motifs is 1. The van der Waals surface area contributed by atoms with E-state index in [4.69, 9.17) is 4.74 Å². The number of carbonyl (C=O) groups excluding carboxylic acids is 1. The maximum absolute atomic E-state index is 12.8. The van der Waals surface area contributed by atoms with E-state index in [2.05, 4.69) is 4.74 Å². The molecule has 0 radical (unpaired) electrons. The second kappa shape index (κ2) is 9.16. The summed E-state index contributed by atoms with van der Waals surface area (Å²) in [5, 5.41) is 20.9. The number of nitro groups is 1. The van der Waals surface area contributed by atoms with Crippen LogP contribution in [0.3, 0.4) is 0 Å². The summed E-state index contributed by atoms with van der Waals surface area (Å²) in [4.78, 5) is 36.4. The van der Waals surface area contributed by atoms with Gasteiger partial charge in [0, 0.05) is 25.2 Å². The Balaban J connectivity index is 1.66. The van der Waals surface area contributed by atoms with Crippen LogP contribution < -0.4 is 9.47 Å². The first-order valence-corrected chi connectivity index (χ1v) is 10.5. The van der Waals surface area contributed by atoms with Crippen molar-refractivity contribution >= 4 is 11.8 Å². The summed E-state index contributed by atoms with van der Waals surface area (Å²) in [6, 6.07) is 3.41. The molecule has 1 N–H and O–H groups in total. The first-order valence-electron chi connectivity index (χ1n) is 10.5. The van der Waals surface area contributed by atoms with E-state index < -0.39 is 29.5 Å². The van der Waals surface area contributed by atoms with E-state index in [0.29, 0.717) is 18.1 Å². The van der Waals surface area contributed by atoms with E-state index in [1.807, 2.05) is 0 Å². The minimum Gasteiger partial charge on any atom is -0.489 e. The third-order valence-corrected chi connectivity index (χ3v) is 5.96. The van der Waals surface area contributed by atoms with Crippen molar-refractivity contribution in [2.24, 2.45) is 11.8 Å². The summed E-state index contributed by atoms with van der Waals surface area (Å²) in [6.07, 6.45) is 4.25. The second-order valence-electron chi connectivity index (χ2n) is 8.30. The Hall–Kier alpha value is -3.50. The molecule has 2 atom stereocenters. The molecule has 0 spiro atoms. The maximum Gasteiger partial charge on any atom is 0.387 e. The number of ether oxygens (including phenoxy) is 2. The van der Waals surface area contributed by atoms with E-state index >= 15 is 0 Å². The number of Topliss-reactive ketones (excluding diaryl/α,β-unsaturated/α-hetero) is 1. The number of hydrogen-bond acceptors (Lipinski definition) is 7. The van der Waals surface area contributed by atoms with Gasteiger partial charge >= 0.3 is 12.6 Å². The zero-order valence-corrected chi connectivity index (χ0v) is 17.5. The molecule has 0 aromatic heterocycles. The van der Waals surface area contributed by atoms with Crippen LogP contribution >= 0.6 is 0 Å². The number of carbonyl (C=O) groups is 2. The number of carboxylic acid groups (broad SMARTS) is 1. The Morgan fingerprint density at radius 1 is 1.30 bits per heavy atom. The molecule has 1 aromatic rings. The summed E-state index contributed by atoms with van der Waals surface area (Å²) < 4.78 is 35.9. The fourth-order valence-electron chi connectivity index (χ4n) is 4.13. The highest BCUT2D eigenvalue weighted by Gasteiger charge is 2.42. The Kier molecular flexibility index (Phi) is 6.30. The van der Waals surface area contributed by atoms with Gasteiger partial charge in [0.25, 0.3) is 5.70 Å². The Morgan fingerprint density at radius 2 is 2.06 bits per heavy atom. The van der Waals surface area contributed by atoms with Crippen LogP contribution in [0.25, 0.3) is 0 Å². The number of allylic oxidation sites excluding steroid dienone is 2. The number of halogens is 2. The van der Waals surface area contributed by atoms with Crippen molar-refractivity contribution in [3.05, 3.63) is 57.4 Å². The van der Waals surface area contributed by atoms with Crippen molar-refractivity contribution in [2.75, 3.05) is 13.2 Å². The van der Waals surface area contributed by atoms with Crippen LogP contribution in [0.5, 0.6) is 11.5 Å². The summed E-state index contributed by atoms with van der Waals surface area (Å²) in [6.45, 7) is -2.64. The van der Waals surface area contributed by atoms with Gasteiger partial charge in [0.05, 0.1) is 35.5 Å². The lowest BCUT2D eigenvalue weighted by atomic mass is 9.88. The van der Waals surface area contributed by atoms with E-state index in [-0.39, 0.29) is 47.9 Å². The molecule has 0 saturated heterocycles. The van der Waals surface area contributed by atoms with Gasteiger partial charge in [0.15, 0.2) is 11.5 Å². The predicted octanol–water partition coefficient (Wildman–Crippen LogP) is 3.54. The lowest BCUT2D eigenvalue weighted by Crippen LogP contribution is -2.30. The minimum atomic E-state index is -3.06. The van der Waals surface area contributed by atoms with E-state index in [1.165, 1.54) is 30.5 Å². The SMILES string of the molecule is O=C(O)CC(c1ccc(OC(F)F)c(OCC2CC2)c1)N1C=C2C([N+](=O)[O-])=CCC(=O)C2C1. The lowest BCUT2D eigenvalue weighted by molar-refractivity contribution is -0.421. The van der Waals surface area contributed by atoms with Crippen LogP contribution in [0, 0.1) is 22.0 Å². The highest BCUT2D eigenvalue weighted by molar-refractivity contribution is 5.88. The van der Waals surface area contributed by atoms with Gasteiger partial charge < -0.3 is 19.5 Å². The summed E-state index contributed by atoms with van der Waals surface area (Å²) in [7, 11) is 0. The molecule has 0 bridgehead atoms. The standard InChI is InChI=1S/C22H22F2N2O7/c23-22(24)33-19-6-3-13(7-20(19)32-11-12-1-2-12)17(8-21(28)29)25-9-14-15(10-25)18(27)5-4-16(14)26(30)31/h3-4,6-7,9,12,15,17,22H,1-2,5,8,10-11H2,(H,28,29). The Morgan fingerprint density at radius 3 is 2.70 bits per heavy atom. The molecule has 2 aliphatic carbocycles. The molecular formula is C22H22F2N2O7. The van der Waals surface area contributed by atoms with Crippen molar-refractivity contribution in [3.63, 3.8) is 0 Å². The third-order valence-electron chi connectivity index (χ3n) is 5.96. The van der Waals surface area contributed by atoms with Crippen LogP contribution in [-0.2, 0) is 9.59 Å². The van der Waals surface area contributed by atoms with Crippen LogP contribution in [0.4, 0.5) is 8.78 Å². The van der Waals surface area contributed by atoms with Crippen LogP contribution in [-0.4, -0.2) is 46.4 Å². The van der Waals surface area contributed by atoms with Crippen molar-refractivity contribution < 1.29 is 37.9 Å². The number of nitrogens with zero attached hydrogens (tertiary/aromatic N) is 2. The lowest BCUT2D eigenvalue weighted by Gasteiger charge is -2.28. The fourth-order valence-corrected chi connectivity index (χ4v) is 4.13. The molecule has 1 saturated carbocycles. The summed E-state index contributed by atoms with van der Waals surface area (Å²) in [5.41, 5.74) is 0.527. The maximum atomic E-state index is 12.8. The van der Waals surface area contributed by atoms with E-state index in [9.17, 15) is 33.6 Å². The highest BCUT2D eigenvalue weighted by atomic mass is 19.3. The minimum absolute atomic E-state index is 0.0609. The quantitative estimate of drug-likeness (QED) is 0.413. The monoisotopic (exact) mass is 464 g/mol. The predicted molar refractivity (Wildman–Crippen MR) is 109 cm³/mol. The smallest absolute Gasteiger partial charge is 0.387 e. The number of rotatable bonds is 10. The average Bonchev–Trinajstić information content (AvgIpc) is 3.47. The summed E-state index contributed by atoms with van der Waals surface area (Å²) in [5.74, 6) is -1.78. The Labute approximate surface area is 187 Å². The van der Waals surface area contributed by atoms with E-state index in [1.54, 1.807) is 4.90 Å². The molecule has 1 fully saturated rings. The average molecular weight is 464 g/mol. The number of carboxylic acids is 1. The second-order valence-corrected chi connectivity index (χ2v) is 8.30. The number of hydrogen-bond donors (Lipinski definition) is 1. The molecule has 2 unspecified atom stereocenters. The van der Waals surface area contributed by atoms with Gasteiger partial charge in [-0.1, -0.05) is 6.07 Å². The first-order chi connectivity index (χ1) is 15.7. The number of ketones is 1. The molecule has 33 heavy (non-hydrogen) atoms. The van der Waals surface area contributed by atoms with E-state index in [0.717, 1.165) is 12.8 Å². The number of aliphatic carboxylic acids is 1. The van der Waals surface area contributed by atoms with Crippen molar-refractivity contribution in [3.8, 4) is 11.5 Å². The molecule has 9 nitrogen and oxygen atoms in total. The van der Waals surface area contributed by atoms with Gasteiger partial charge in [0.2, 0.25) is 0 Å². The van der Waals surface area contributed by atoms with Crippen LogP contribution in [0.2, 0.25) is 0 Å². The number of alkyl halides is 2. The molecule has 1 aliphatic heterocycles. The molecule has 176 valence electrons. The van der Waals surface area contributed by atoms with Crippen LogP contribution in [0.1, 0.15) is 37.3 Å². The van der Waals surface area contributed by atoms with Crippen molar-refractivity contribution in [2.45, 2.75) is 38.3 Å². The number of benzene rings is 1. The largest absolute Gasteiger partial charge is 0.489 e. The molecule has 4 rings (SSSR count). The summed E-state index contributed by atoms with van der Waals surface area (Å²) >= 11 is 0. The normalized spacial score (nSPS) is 20.8. The van der Waals surface area contributed by atoms with Crippen molar-refractivity contribution in [1.82, 2.24) is 4.90 Å². The topological polar surface area (TPSA) is 119 Å². The molecule has 3 aliphatic rings. The van der Waals surface area contributed by atoms with Crippen molar-refractivity contribution in [1.29, 1.82) is 0 Å². The van der Waals surface area contributed by atoms with Gasteiger partial charge in [-0.15, -0.1) is 0 Å². The Bertz CT molecular complexity index is 1040. The fraction of sp³-hybridized carbons (Fsp3) is 0.455. The van der Waals surface area contributed by atoms with Crippen LogP contribution in [0.15, 0.2) is 41.7 Å². The zero-order valence-electron chi connectivity index (χ0n) is 17.5. The van der Waals surface area contributed by atoms with Gasteiger partial charge in [-0.3, -0.25) is 19.7 Å². The molecule has 11 heteroatoms. The molecule has 1 heterocycles. The third kappa shape index (κ3) is 5.12. The molecule has 0 amide bonds. The first kappa shape index (κ1) is 22.7. The highest BCUT2D eigenvalue weighted by Crippen LogP contribution is 2.41. The molecule has 1 aromatic carbocycles. The zero-order chi connectivity index (χ0) is 23.7. The van der Waals surface area contributed by atoms with Gasteiger partial charge in [-0.05, 0) is 36.5 Å². The van der Waals surface area contributed by atoms with Gasteiger partial charge in [-0.25, -0.2) is 0 Å². The molecular weight excluding hydrogens is 442 g/mol.